The van der Waals surface area contributed by atoms with Crippen LogP contribution in [0.3, 0.4) is 0 Å². The third kappa shape index (κ3) is 1.54. The molecule has 0 amide bonds. The third-order valence-corrected chi connectivity index (χ3v) is 3.70. The van der Waals surface area contributed by atoms with Crippen LogP contribution in [0, 0.1) is 0 Å². The zero-order chi connectivity index (χ0) is 12.7. The summed E-state index contributed by atoms with van der Waals surface area (Å²) in [4.78, 5) is 12.0. The number of aromatic hydroxyl groups is 1. The van der Waals surface area contributed by atoms with Gasteiger partial charge in [0.25, 0.3) is 0 Å². The molecular formula is C15H16O3. The molecule has 0 bridgehead atoms. The summed E-state index contributed by atoms with van der Waals surface area (Å²) >= 11 is 0. The number of furan rings is 1. The van der Waals surface area contributed by atoms with E-state index < -0.39 is 0 Å². The Bertz CT molecular complexity index is 622. The summed E-state index contributed by atoms with van der Waals surface area (Å²) in [5.74, 6) is 1.04. The number of benzene rings is 1. The molecule has 1 aromatic carbocycles. The van der Waals surface area contributed by atoms with E-state index in [1.165, 1.54) is 0 Å². The molecule has 2 aromatic rings. The van der Waals surface area contributed by atoms with E-state index in [-0.39, 0.29) is 11.5 Å². The molecular weight excluding hydrogens is 228 g/mol. The normalized spacial score (nSPS) is 14.7. The van der Waals surface area contributed by atoms with E-state index in [9.17, 15) is 9.90 Å². The summed E-state index contributed by atoms with van der Waals surface area (Å²) in [5.41, 5.74) is 2.31. The van der Waals surface area contributed by atoms with Gasteiger partial charge in [-0.1, -0.05) is 6.92 Å². The number of hydrogen-bond donors (Lipinski definition) is 1. The topological polar surface area (TPSA) is 50.4 Å². The highest BCUT2D eigenvalue weighted by molar-refractivity contribution is 6.10. The zero-order valence-corrected chi connectivity index (χ0v) is 10.5. The maximum atomic E-state index is 12.0. The predicted molar refractivity (Wildman–Crippen MR) is 69.1 cm³/mol. The van der Waals surface area contributed by atoms with Crippen molar-refractivity contribution in [1.82, 2.24) is 0 Å². The molecule has 0 fully saturated rings. The Balaban J connectivity index is 2.35. The van der Waals surface area contributed by atoms with E-state index in [0.29, 0.717) is 12.0 Å². The van der Waals surface area contributed by atoms with Gasteiger partial charge in [0.1, 0.15) is 17.1 Å². The van der Waals surface area contributed by atoms with Crippen LogP contribution in [0.4, 0.5) is 0 Å². The molecule has 0 unspecified atom stereocenters. The van der Waals surface area contributed by atoms with E-state index in [1.54, 1.807) is 12.1 Å². The molecule has 1 aromatic heterocycles. The monoisotopic (exact) mass is 244 g/mol. The Labute approximate surface area is 105 Å². The number of phenols is 1. The summed E-state index contributed by atoms with van der Waals surface area (Å²) in [6.45, 7) is 1.81. The molecule has 3 heteroatoms. The smallest absolute Gasteiger partial charge is 0.167 e. The molecule has 18 heavy (non-hydrogen) atoms. The Hall–Kier alpha value is -1.77. The van der Waals surface area contributed by atoms with Crippen molar-refractivity contribution in [3.63, 3.8) is 0 Å². The summed E-state index contributed by atoms with van der Waals surface area (Å²) in [6.07, 6.45) is 4.53. The second-order valence-corrected chi connectivity index (χ2v) is 4.82. The number of fused-ring (bicyclic) bond motifs is 3. The predicted octanol–water partition coefficient (Wildman–Crippen LogP) is 3.61. The molecule has 0 atom stereocenters. The van der Waals surface area contributed by atoms with Gasteiger partial charge in [-0.2, -0.15) is 0 Å². The second kappa shape index (κ2) is 4.16. The van der Waals surface area contributed by atoms with E-state index in [0.717, 1.165) is 48.0 Å². The van der Waals surface area contributed by atoms with Gasteiger partial charge < -0.3 is 9.52 Å². The van der Waals surface area contributed by atoms with Gasteiger partial charge in [0.2, 0.25) is 0 Å². The number of carbonyl (C=O) groups is 1. The van der Waals surface area contributed by atoms with Gasteiger partial charge in [0, 0.05) is 23.8 Å². The van der Waals surface area contributed by atoms with Crippen LogP contribution in [0.5, 0.6) is 5.75 Å². The van der Waals surface area contributed by atoms with Gasteiger partial charge in [-0.15, -0.1) is 0 Å². The number of carbonyl (C=O) groups excluding carboxylic acids is 1. The molecule has 0 saturated heterocycles. The minimum Gasteiger partial charge on any atom is -0.507 e. The van der Waals surface area contributed by atoms with Crippen molar-refractivity contribution in [3.8, 4) is 5.75 Å². The number of Topliss-reactive ketones (excluding diaryl/α,β-unsaturated/α-hetero) is 1. The van der Waals surface area contributed by atoms with Gasteiger partial charge in [-0.25, -0.2) is 0 Å². The fourth-order valence-corrected chi connectivity index (χ4v) is 2.80. The number of ketones is 1. The minimum absolute atomic E-state index is 0.0210. The van der Waals surface area contributed by atoms with Crippen LogP contribution in [0.15, 0.2) is 16.5 Å². The van der Waals surface area contributed by atoms with Crippen molar-refractivity contribution >= 4 is 16.8 Å². The Morgan fingerprint density at radius 1 is 1.33 bits per heavy atom. The highest BCUT2D eigenvalue weighted by Gasteiger charge is 2.24. The molecule has 1 N–H and O–H groups in total. The van der Waals surface area contributed by atoms with Crippen molar-refractivity contribution in [2.75, 3.05) is 0 Å². The Morgan fingerprint density at radius 3 is 2.89 bits per heavy atom. The fraction of sp³-hybridized carbons (Fsp3) is 0.400. The molecule has 1 aliphatic carbocycles. The summed E-state index contributed by atoms with van der Waals surface area (Å²) < 4.78 is 5.82. The van der Waals surface area contributed by atoms with Crippen LogP contribution >= 0.6 is 0 Å². The molecule has 3 nitrogen and oxygen atoms in total. The van der Waals surface area contributed by atoms with Gasteiger partial charge >= 0.3 is 0 Å². The van der Waals surface area contributed by atoms with Crippen molar-refractivity contribution in [3.05, 3.63) is 29.0 Å². The number of phenolic OH excluding ortho intramolecular Hbond substituents is 1. The lowest BCUT2D eigenvalue weighted by molar-refractivity contribution is 0.0987. The molecule has 3 rings (SSSR count). The van der Waals surface area contributed by atoms with E-state index in [1.807, 2.05) is 6.92 Å². The summed E-state index contributed by atoms with van der Waals surface area (Å²) in [5, 5.41) is 10.8. The fourth-order valence-electron chi connectivity index (χ4n) is 2.80. The Morgan fingerprint density at radius 2 is 2.11 bits per heavy atom. The summed E-state index contributed by atoms with van der Waals surface area (Å²) in [6, 6.07) is 3.32. The largest absolute Gasteiger partial charge is 0.507 e. The lowest BCUT2D eigenvalue weighted by Gasteiger charge is -2.10. The van der Waals surface area contributed by atoms with Gasteiger partial charge in [0.15, 0.2) is 5.78 Å². The highest BCUT2D eigenvalue weighted by atomic mass is 16.3. The van der Waals surface area contributed by atoms with Gasteiger partial charge in [-0.3, -0.25) is 4.79 Å². The van der Waals surface area contributed by atoms with Crippen molar-refractivity contribution in [2.24, 2.45) is 0 Å². The van der Waals surface area contributed by atoms with Crippen LogP contribution in [-0.4, -0.2) is 10.9 Å². The maximum Gasteiger partial charge on any atom is 0.167 e. The number of aryl methyl sites for hydroxylation is 2. The summed E-state index contributed by atoms with van der Waals surface area (Å²) in [7, 11) is 0. The van der Waals surface area contributed by atoms with Gasteiger partial charge in [-0.05, 0) is 31.4 Å². The molecule has 1 aliphatic rings. The Kier molecular flexibility index (Phi) is 2.62. The van der Waals surface area contributed by atoms with Crippen LogP contribution < -0.4 is 0 Å². The van der Waals surface area contributed by atoms with Crippen molar-refractivity contribution in [2.45, 2.75) is 39.0 Å². The first-order valence-corrected chi connectivity index (χ1v) is 6.51. The van der Waals surface area contributed by atoms with Crippen molar-refractivity contribution < 1.29 is 14.3 Å². The third-order valence-electron chi connectivity index (χ3n) is 3.70. The van der Waals surface area contributed by atoms with Crippen LogP contribution in [-0.2, 0) is 12.8 Å². The molecule has 0 radical (unpaired) electrons. The second-order valence-electron chi connectivity index (χ2n) is 4.82. The average Bonchev–Trinajstić information content (AvgIpc) is 2.76. The van der Waals surface area contributed by atoms with Crippen LogP contribution in [0.2, 0.25) is 0 Å². The number of rotatable bonds is 2. The first-order valence-electron chi connectivity index (χ1n) is 6.51. The first-order chi connectivity index (χ1) is 8.72. The molecule has 0 aliphatic heterocycles. The highest BCUT2D eigenvalue weighted by Crippen LogP contribution is 2.37. The average molecular weight is 244 g/mol. The van der Waals surface area contributed by atoms with Crippen molar-refractivity contribution in [1.29, 1.82) is 0 Å². The zero-order valence-electron chi connectivity index (χ0n) is 10.5. The van der Waals surface area contributed by atoms with Crippen LogP contribution in [0.25, 0.3) is 11.0 Å². The molecule has 0 saturated carbocycles. The lowest BCUT2D eigenvalue weighted by atomic mass is 9.92. The van der Waals surface area contributed by atoms with E-state index in [4.69, 9.17) is 4.42 Å². The van der Waals surface area contributed by atoms with Crippen LogP contribution in [0.1, 0.15) is 47.9 Å². The van der Waals surface area contributed by atoms with E-state index in [2.05, 4.69) is 0 Å². The first kappa shape index (κ1) is 11.3. The van der Waals surface area contributed by atoms with E-state index >= 15 is 0 Å². The maximum absolute atomic E-state index is 12.0. The molecule has 1 heterocycles. The SMILES string of the molecule is CCC(=O)c1c(O)ccc2oc3c(c12)CCCC3. The lowest BCUT2D eigenvalue weighted by Crippen LogP contribution is -2.02. The minimum atomic E-state index is -0.0210. The molecule has 94 valence electrons. The van der Waals surface area contributed by atoms with Gasteiger partial charge in [0.05, 0.1) is 5.56 Å². The standard InChI is InChI=1S/C15H16O3/c1-2-10(16)15-11(17)7-8-13-14(15)9-5-3-4-6-12(9)18-13/h7-8,17H,2-6H2,1H3. The quantitative estimate of drug-likeness (QED) is 0.821. The molecule has 0 spiro atoms. The number of hydrogen-bond acceptors (Lipinski definition) is 3.